The lowest BCUT2D eigenvalue weighted by Crippen LogP contribution is -2.42. The van der Waals surface area contributed by atoms with E-state index in [0.29, 0.717) is 11.4 Å². The molecule has 0 heterocycles. The number of methoxy groups -OCH3 is 1. The number of nitrogens with one attached hydrogen (secondary N) is 1. The van der Waals surface area contributed by atoms with Gasteiger partial charge < -0.3 is 15.8 Å². The summed E-state index contributed by atoms with van der Waals surface area (Å²) in [6.45, 7) is 3.91. The molecule has 5 nitrogen and oxygen atoms in total. The standard InChI is InChI=1S/C14H19ClN2O3/c1-8(2)6-12(14(19)20-3)17-13(18)10-5-4-9(15)7-11(10)16/h4-5,7-8,12H,6,16H2,1-3H3,(H,17,18). The van der Waals surface area contributed by atoms with E-state index in [9.17, 15) is 9.59 Å². The van der Waals surface area contributed by atoms with Crippen molar-refractivity contribution < 1.29 is 14.3 Å². The molecule has 0 aromatic heterocycles. The number of rotatable bonds is 5. The summed E-state index contributed by atoms with van der Waals surface area (Å²) in [5, 5.41) is 3.09. The number of nitrogens with two attached hydrogens (primary N) is 1. The van der Waals surface area contributed by atoms with Crippen molar-refractivity contribution in [1.82, 2.24) is 5.32 Å². The zero-order chi connectivity index (χ0) is 15.3. The lowest BCUT2D eigenvalue weighted by Gasteiger charge is -2.18. The summed E-state index contributed by atoms with van der Waals surface area (Å²) in [5.41, 5.74) is 6.30. The van der Waals surface area contributed by atoms with Gasteiger partial charge in [0.1, 0.15) is 6.04 Å². The first-order chi connectivity index (χ1) is 9.35. The molecular weight excluding hydrogens is 280 g/mol. The molecule has 0 spiro atoms. The molecule has 0 saturated carbocycles. The number of amides is 1. The molecule has 0 aliphatic carbocycles. The summed E-state index contributed by atoms with van der Waals surface area (Å²) in [6.07, 6.45) is 0.492. The van der Waals surface area contributed by atoms with E-state index in [-0.39, 0.29) is 17.2 Å². The van der Waals surface area contributed by atoms with Crippen LogP contribution >= 0.6 is 11.6 Å². The van der Waals surface area contributed by atoms with Crippen molar-refractivity contribution in [3.8, 4) is 0 Å². The first kappa shape index (κ1) is 16.3. The zero-order valence-corrected chi connectivity index (χ0v) is 12.5. The monoisotopic (exact) mass is 298 g/mol. The number of halogens is 1. The Balaban J connectivity index is 2.87. The third-order valence-corrected chi connectivity index (χ3v) is 2.99. The molecule has 1 rings (SSSR count). The molecule has 1 aromatic carbocycles. The van der Waals surface area contributed by atoms with E-state index in [1.54, 1.807) is 6.07 Å². The van der Waals surface area contributed by atoms with Gasteiger partial charge in [0.15, 0.2) is 0 Å². The fraction of sp³-hybridized carbons (Fsp3) is 0.429. The van der Waals surface area contributed by atoms with E-state index in [2.05, 4.69) is 5.32 Å². The maximum atomic E-state index is 12.1. The van der Waals surface area contributed by atoms with Crippen molar-refractivity contribution >= 4 is 29.2 Å². The average Bonchev–Trinajstić information content (AvgIpc) is 2.36. The van der Waals surface area contributed by atoms with Crippen LogP contribution in [0.2, 0.25) is 5.02 Å². The van der Waals surface area contributed by atoms with Gasteiger partial charge in [0.05, 0.1) is 12.7 Å². The Labute approximate surface area is 123 Å². The number of hydrogen-bond acceptors (Lipinski definition) is 4. The molecule has 20 heavy (non-hydrogen) atoms. The van der Waals surface area contributed by atoms with Crippen LogP contribution in [0.3, 0.4) is 0 Å². The van der Waals surface area contributed by atoms with Crippen molar-refractivity contribution in [2.75, 3.05) is 12.8 Å². The van der Waals surface area contributed by atoms with Crippen molar-refractivity contribution in [3.63, 3.8) is 0 Å². The predicted molar refractivity (Wildman–Crippen MR) is 78.6 cm³/mol. The Bertz CT molecular complexity index is 503. The Morgan fingerprint density at radius 2 is 2.05 bits per heavy atom. The van der Waals surface area contributed by atoms with Crippen LogP contribution in [0.15, 0.2) is 18.2 Å². The summed E-state index contributed by atoms with van der Waals surface area (Å²) >= 11 is 5.78. The van der Waals surface area contributed by atoms with E-state index >= 15 is 0 Å². The molecule has 1 aromatic rings. The van der Waals surface area contributed by atoms with Gasteiger partial charge in [0.25, 0.3) is 5.91 Å². The maximum Gasteiger partial charge on any atom is 0.328 e. The number of hydrogen-bond donors (Lipinski definition) is 2. The summed E-state index contributed by atoms with van der Waals surface area (Å²) in [6, 6.07) is 3.90. The van der Waals surface area contributed by atoms with E-state index in [1.165, 1.54) is 19.2 Å². The average molecular weight is 299 g/mol. The lowest BCUT2D eigenvalue weighted by molar-refractivity contribution is -0.143. The van der Waals surface area contributed by atoms with Crippen molar-refractivity contribution in [2.45, 2.75) is 26.3 Å². The van der Waals surface area contributed by atoms with Gasteiger partial charge >= 0.3 is 5.97 Å². The highest BCUT2D eigenvalue weighted by Gasteiger charge is 2.23. The minimum absolute atomic E-state index is 0.238. The zero-order valence-electron chi connectivity index (χ0n) is 11.8. The second-order valence-corrected chi connectivity index (χ2v) is 5.35. The van der Waals surface area contributed by atoms with Gasteiger partial charge in [0, 0.05) is 10.7 Å². The highest BCUT2D eigenvalue weighted by Crippen LogP contribution is 2.18. The first-order valence-corrected chi connectivity index (χ1v) is 6.66. The molecule has 0 bridgehead atoms. The molecule has 6 heteroatoms. The number of ether oxygens (including phenoxy) is 1. The van der Waals surface area contributed by atoms with Gasteiger partial charge in [-0.05, 0) is 30.5 Å². The van der Waals surface area contributed by atoms with Gasteiger partial charge in [-0.2, -0.15) is 0 Å². The number of benzene rings is 1. The molecular formula is C14H19ClN2O3. The maximum absolute atomic E-state index is 12.1. The second-order valence-electron chi connectivity index (χ2n) is 4.91. The highest BCUT2D eigenvalue weighted by atomic mass is 35.5. The van der Waals surface area contributed by atoms with Crippen molar-refractivity contribution in [2.24, 2.45) is 5.92 Å². The van der Waals surface area contributed by atoms with E-state index in [4.69, 9.17) is 22.1 Å². The van der Waals surface area contributed by atoms with Gasteiger partial charge in [-0.3, -0.25) is 4.79 Å². The van der Waals surface area contributed by atoms with E-state index < -0.39 is 17.9 Å². The molecule has 0 aliphatic heterocycles. The van der Waals surface area contributed by atoms with Crippen LogP contribution in [0.4, 0.5) is 5.69 Å². The van der Waals surface area contributed by atoms with Crippen molar-refractivity contribution in [3.05, 3.63) is 28.8 Å². The summed E-state index contributed by atoms with van der Waals surface area (Å²) < 4.78 is 4.69. The van der Waals surface area contributed by atoms with Crippen molar-refractivity contribution in [1.29, 1.82) is 0 Å². The number of nitrogen functional groups attached to an aromatic ring is 1. The van der Waals surface area contributed by atoms with Gasteiger partial charge in [-0.25, -0.2) is 4.79 Å². The Kier molecular flexibility index (Phi) is 5.82. The fourth-order valence-corrected chi connectivity index (χ4v) is 1.98. The third-order valence-electron chi connectivity index (χ3n) is 2.76. The highest BCUT2D eigenvalue weighted by molar-refractivity contribution is 6.31. The molecule has 0 radical (unpaired) electrons. The third kappa shape index (κ3) is 4.42. The molecule has 1 amide bonds. The van der Waals surface area contributed by atoms with Gasteiger partial charge in [-0.15, -0.1) is 0 Å². The van der Waals surface area contributed by atoms with Gasteiger partial charge in [0.2, 0.25) is 0 Å². The second kappa shape index (κ2) is 7.14. The number of carbonyl (C=O) groups is 2. The van der Waals surface area contributed by atoms with Crippen LogP contribution in [0.1, 0.15) is 30.6 Å². The van der Waals surface area contributed by atoms with Crippen LogP contribution in [-0.4, -0.2) is 25.0 Å². The molecule has 3 N–H and O–H groups in total. The molecule has 1 atom stereocenters. The normalized spacial score (nSPS) is 12.1. The summed E-state index contributed by atoms with van der Waals surface area (Å²) in [5.74, 6) is -0.656. The fourth-order valence-electron chi connectivity index (χ4n) is 1.80. The largest absolute Gasteiger partial charge is 0.467 e. The summed E-state index contributed by atoms with van der Waals surface area (Å²) in [7, 11) is 1.29. The smallest absolute Gasteiger partial charge is 0.328 e. The number of esters is 1. The van der Waals surface area contributed by atoms with E-state index in [0.717, 1.165) is 0 Å². The molecule has 0 saturated heterocycles. The van der Waals surface area contributed by atoms with Crippen LogP contribution in [-0.2, 0) is 9.53 Å². The van der Waals surface area contributed by atoms with Crippen LogP contribution in [0.25, 0.3) is 0 Å². The topological polar surface area (TPSA) is 81.4 Å². The Morgan fingerprint density at radius 3 is 2.55 bits per heavy atom. The number of anilines is 1. The van der Waals surface area contributed by atoms with Crippen LogP contribution in [0.5, 0.6) is 0 Å². The predicted octanol–water partition coefficient (Wildman–Crippen LogP) is 2.24. The lowest BCUT2D eigenvalue weighted by atomic mass is 10.0. The van der Waals surface area contributed by atoms with Crippen LogP contribution in [0, 0.1) is 5.92 Å². The molecule has 110 valence electrons. The number of carbonyl (C=O) groups excluding carboxylic acids is 2. The Morgan fingerprint density at radius 1 is 1.40 bits per heavy atom. The Hall–Kier alpha value is -1.75. The molecule has 1 unspecified atom stereocenters. The minimum Gasteiger partial charge on any atom is -0.467 e. The SMILES string of the molecule is COC(=O)C(CC(C)C)NC(=O)c1ccc(Cl)cc1N. The molecule has 0 fully saturated rings. The summed E-state index contributed by atoms with van der Waals surface area (Å²) in [4.78, 5) is 23.8. The first-order valence-electron chi connectivity index (χ1n) is 6.28. The van der Waals surface area contributed by atoms with Crippen LogP contribution < -0.4 is 11.1 Å². The quantitative estimate of drug-likeness (QED) is 0.645. The minimum atomic E-state index is -0.692. The van der Waals surface area contributed by atoms with E-state index in [1.807, 2.05) is 13.8 Å². The van der Waals surface area contributed by atoms with Gasteiger partial charge in [-0.1, -0.05) is 25.4 Å². The molecule has 0 aliphatic rings.